The Bertz CT molecular complexity index is 284. The number of hydrogen-bond donors (Lipinski definition) is 1. The normalized spacial score (nSPS) is 11.2. The van der Waals surface area contributed by atoms with Gasteiger partial charge in [-0.1, -0.05) is 20.8 Å². The zero-order chi connectivity index (χ0) is 11.8. The molecule has 0 saturated heterocycles. The Morgan fingerprint density at radius 2 is 2.31 bits per heavy atom. The van der Waals surface area contributed by atoms with Crippen LogP contribution in [0.5, 0.6) is 0 Å². The van der Waals surface area contributed by atoms with Gasteiger partial charge in [0.25, 0.3) is 0 Å². The van der Waals surface area contributed by atoms with Crippen LogP contribution in [-0.2, 0) is 17.8 Å². The van der Waals surface area contributed by atoms with Crippen molar-refractivity contribution in [2.24, 2.45) is 0 Å². The number of nitrogens with one attached hydrogen (secondary N) is 1. The lowest BCUT2D eigenvalue weighted by Crippen LogP contribution is -2.24. The average Bonchev–Trinajstić information content (AvgIpc) is 2.66. The maximum Gasteiger partial charge on any atom is 0.195 e. The van der Waals surface area contributed by atoms with Crippen molar-refractivity contribution in [2.45, 2.75) is 46.3 Å². The van der Waals surface area contributed by atoms with Crippen LogP contribution in [0.4, 0.5) is 0 Å². The van der Waals surface area contributed by atoms with Gasteiger partial charge in [0.05, 0.1) is 6.20 Å². The number of oxazole rings is 1. The number of aromatic nitrogens is 1. The molecule has 1 rings (SSSR count). The zero-order valence-electron chi connectivity index (χ0n) is 10.5. The molecule has 4 nitrogen and oxygen atoms in total. The number of nitrogens with zero attached hydrogens (tertiary/aromatic N) is 1. The van der Waals surface area contributed by atoms with Crippen LogP contribution in [-0.4, -0.2) is 24.2 Å². The summed E-state index contributed by atoms with van der Waals surface area (Å²) in [7, 11) is 0. The summed E-state index contributed by atoms with van der Waals surface area (Å²) in [6.07, 6.45) is 3.60. The van der Waals surface area contributed by atoms with Crippen molar-refractivity contribution >= 4 is 0 Å². The van der Waals surface area contributed by atoms with Crippen molar-refractivity contribution in [1.82, 2.24) is 10.3 Å². The minimum Gasteiger partial charge on any atom is -0.443 e. The summed E-state index contributed by atoms with van der Waals surface area (Å²) in [6, 6.07) is 0.502. The number of ether oxygens (including phenoxy) is 1. The first kappa shape index (κ1) is 13.2. The van der Waals surface area contributed by atoms with Crippen LogP contribution in [0.25, 0.3) is 0 Å². The van der Waals surface area contributed by atoms with E-state index in [1.165, 1.54) is 0 Å². The van der Waals surface area contributed by atoms with E-state index < -0.39 is 0 Å². The van der Waals surface area contributed by atoms with E-state index in [9.17, 15) is 0 Å². The van der Waals surface area contributed by atoms with E-state index in [0.29, 0.717) is 12.6 Å². The van der Waals surface area contributed by atoms with Gasteiger partial charge in [-0.3, -0.25) is 0 Å². The van der Waals surface area contributed by atoms with Crippen LogP contribution in [0.3, 0.4) is 0 Å². The Kier molecular flexibility index (Phi) is 6.11. The van der Waals surface area contributed by atoms with Crippen molar-refractivity contribution in [3.05, 3.63) is 17.8 Å². The third kappa shape index (κ3) is 5.28. The Morgan fingerprint density at radius 1 is 1.50 bits per heavy atom. The van der Waals surface area contributed by atoms with Gasteiger partial charge in [0.15, 0.2) is 5.89 Å². The molecule has 0 spiro atoms. The molecule has 0 atom stereocenters. The molecule has 1 aromatic heterocycles. The predicted molar refractivity (Wildman–Crippen MR) is 63.3 cm³/mol. The summed E-state index contributed by atoms with van der Waals surface area (Å²) in [6.45, 7) is 8.53. The molecule has 0 aliphatic rings. The first-order valence-corrected chi connectivity index (χ1v) is 5.97. The Balaban J connectivity index is 2.22. The fourth-order valence-electron chi connectivity index (χ4n) is 1.32. The molecule has 1 heterocycles. The van der Waals surface area contributed by atoms with Gasteiger partial charge in [-0.15, -0.1) is 0 Å². The molecule has 1 aromatic rings. The van der Waals surface area contributed by atoms with Crippen LogP contribution >= 0.6 is 0 Å². The van der Waals surface area contributed by atoms with E-state index in [1.807, 2.05) is 0 Å². The van der Waals surface area contributed by atoms with Crippen LogP contribution in [0, 0.1) is 0 Å². The van der Waals surface area contributed by atoms with E-state index in [4.69, 9.17) is 9.15 Å². The second-order valence-corrected chi connectivity index (χ2v) is 4.13. The standard InChI is InChI=1S/C12H22N2O2/c1-4-7-15-9-11-8-14-12(16-11)5-6-13-10(2)3/h8,10,13H,4-7,9H2,1-3H3. The molecule has 0 saturated carbocycles. The van der Waals surface area contributed by atoms with Gasteiger partial charge in [-0.2, -0.15) is 0 Å². The molecule has 0 aliphatic carbocycles. The molecule has 0 aromatic carbocycles. The first-order valence-electron chi connectivity index (χ1n) is 5.97. The molecule has 4 heteroatoms. The Hall–Kier alpha value is -0.870. The maximum atomic E-state index is 5.54. The topological polar surface area (TPSA) is 47.3 Å². The minimum atomic E-state index is 0.502. The lowest BCUT2D eigenvalue weighted by atomic mass is 10.3. The van der Waals surface area contributed by atoms with Gasteiger partial charge in [0.2, 0.25) is 0 Å². The van der Waals surface area contributed by atoms with Gasteiger partial charge >= 0.3 is 0 Å². The van der Waals surface area contributed by atoms with E-state index in [-0.39, 0.29) is 0 Å². The summed E-state index contributed by atoms with van der Waals surface area (Å²) < 4.78 is 10.9. The van der Waals surface area contributed by atoms with Crippen LogP contribution in [0.1, 0.15) is 38.8 Å². The van der Waals surface area contributed by atoms with Crippen molar-refractivity contribution < 1.29 is 9.15 Å². The highest BCUT2D eigenvalue weighted by Gasteiger charge is 2.03. The van der Waals surface area contributed by atoms with Crippen LogP contribution in [0.15, 0.2) is 10.6 Å². The summed E-state index contributed by atoms with van der Waals surface area (Å²) in [5.41, 5.74) is 0. The van der Waals surface area contributed by atoms with E-state index in [1.54, 1.807) is 6.20 Å². The monoisotopic (exact) mass is 226 g/mol. The molecular weight excluding hydrogens is 204 g/mol. The molecule has 16 heavy (non-hydrogen) atoms. The molecule has 0 fully saturated rings. The first-order chi connectivity index (χ1) is 7.72. The number of hydrogen-bond acceptors (Lipinski definition) is 4. The third-order valence-corrected chi connectivity index (χ3v) is 2.09. The van der Waals surface area contributed by atoms with Gasteiger partial charge in [-0.25, -0.2) is 4.98 Å². The van der Waals surface area contributed by atoms with Gasteiger partial charge in [0, 0.05) is 25.6 Å². The highest BCUT2D eigenvalue weighted by Crippen LogP contribution is 2.05. The van der Waals surface area contributed by atoms with E-state index in [2.05, 4.69) is 31.1 Å². The fourth-order valence-corrected chi connectivity index (χ4v) is 1.32. The molecular formula is C12H22N2O2. The third-order valence-electron chi connectivity index (χ3n) is 2.09. The highest BCUT2D eigenvalue weighted by atomic mass is 16.5. The second-order valence-electron chi connectivity index (χ2n) is 4.13. The molecule has 0 unspecified atom stereocenters. The average molecular weight is 226 g/mol. The summed E-state index contributed by atoms with van der Waals surface area (Å²) in [5, 5.41) is 3.32. The smallest absolute Gasteiger partial charge is 0.195 e. The zero-order valence-corrected chi connectivity index (χ0v) is 10.5. The van der Waals surface area contributed by atoms with Crippen LogP contribution < -0.4 is 5.32 Å². The van der Waals surface area contributed by atoms with Crippen molar-refractivity contribution in [3.8, 4) is 0 Å². The molecule has 92 valence electrons. The SMILES string of the molecule is CCCOCc1cnc(CCNC(C)C)o1. The maximum absolute atomic E-state index is 5.54. The van der Waals surface area contributed by atoms with Crippen molar-refractivity contribution in [2.75, 3.05) is 13.2 Å². The lowest BCUT2D eigenvalue weighted by Gasteiger charge is -2.05. The summed E-state index contributed by atoms with van der Waals surface area (Å²) >= 11 is 0. The van der Waals surface area contributed by atoms with Crippen LogP contribution in [0.2, 0.25) is 0 Å². The predicted octanol–water partition coefficient (Wildman–Crippen LogP) is 2.14. The molecule has 0 bridgehead atoms. The molecule has 1 N–H and O–H groups in total. The van der Waals surface area contributed by atoms with Crippen molar-refractivity contribution in [3.63, 3.8) is 0 Å². The second kappa shape index (κ2) is 7.41. The molecule has 0 aliphatic heterocycles. The Morgan fingerprint density at radius 3 is 3.00 bits per heavy atom. The number of rotatable bonds is 8. The summed E-state index contributed by atoms with van der Waals surface area (Å²) in [4.78, 5) is 4.21. The van der Waals surface area contributed by atoms with Gasteiger partial charge < -0.3 is 14.5 Å². The van der Waals surface area contributed by atoms with Gasteiger partial charge in [-0.05, 0) is 6.42 Å². The Labute approximate surface area is 97.4 Å². The van der Waals surface area contributed by atoms with E-state index >= 15 is 0 Å². The summed E-state index contributed by atoms with van der Waals surface area (Å²) in [5.74, 6) is 1.59. The fraction of sp³-hybridized carbons (Fsp3) is 0.750. The lowest BCUT2D eigenvalue weighted by molar-refractivity contribution is 0.106. The minimum absolute atomic E-state index is 0.502. The largest absolute Gasteiger partial charge is 0.443 e. The molecule has 0 radical (unpaired) electrons. The van der Waals surface area contributed by atoms with E-state index in [0.717, 1.165) is 37.6 Å². The van der Waals surface area contributed by atoms with Gasteiger partial charge in [0.1, 0.15) is 12.4 Å². The van der Waals surface area contributed by atoms with Crippen molar-refractivity contribution in [1.29, 1.82) is 0 Å². The molecule has 0 amide bonds. The quantitative estimate of drug-likeness (QED) is 0.690. The highest BCUT2D eigenvalue weighted by molar-refractivity contribution is 4.93.